The topological polar surface area (TPSA) is 18.5 Å². The maximum Gasteiger partial charge on any atom is 0.123 e. The summed E-state index contributed by atoms with van der Waals surface area (Å²) in [5.74, 6) is 2.72. The van der Waals surface area contributed by atoms with Crippen LogP contribution in [0.15, 0.2) is 108 Å². The molecule has 174 valence electrons. The molecule has 4 rings (SSSR count). The van der Waals surface area contributed by atoms with Crippen molar-refractivity contribution in [1.29, 1.82) is 0 Å². The minimum atomic E-state index is 0.450. The Balaban J connectivity index is 1.51. The van der Waals surface area contributed by atoms with Crippen molar-refractivity contribution < 1.29 is 9.47 Å². The van der Waals surface area contributed by atoms with E-state index in [1.54, 1.807) is 0 Å². The van der Waals surface area contributed by atoms with Gasteiger partial charge in [0.05, 0.1) is 0 Å². The summed E-state index contributed by atoms with van der Waals surface area (Å²) in [6.45, 7) is 9.72. The molecule has 0 saturated carbocycles. The summed E-state index contributed by atoms with van der Waals surface area (Å²) in [6.07, 6.45) is 21.6. The van der Waals surface area contributed by atoms with Crippen LogP contribution in [0.3, 0.4) is 0 Å². The molecule has 0 radical (unpaired) electrons. The number of benzene rings is 2. The molecule has 0 aromatic heterocycles. The van der Waals surface area contributed by atoms with E-state index in [-0.39, 0.29) is 0 Å². The lowest BCUT2D eigenvalue weighted by atomic mass is 9.95. The summed E-state index contributed by atoms with van der Waals surface area (Å²) in [5.41, 5.74) is 6.96. The fourth-order valence-corrected chi connectivity index (χ4v) is 4.14. The molecule has 0 aliphatic heterocycles. The van der Waals surface area contributed by atoms with E-state index in [1.165, 1.54) is 22.3 Å². The second kappa shape index (κ2) is 11.1. The standard InChI is InChI=1S/C32H34O2/c1-23-9-5-11-27(19-17-23)21-33-31-15-7-13-29(25(31)3)30-14-8-16-32(26(30)4)34-22-28-12-6-10-24(2)18-20-28/h5-20,23-24H,21-22H2,1-4H3. The molecule has 2 aliphatic rings. The minimum Gasteiger partial charge on any atom is -0.489 e. The van der Waals surface area contributed by atoms with E-state index in [0.29, 0.717) is 25.0 Å². The van der Waals surface area contributed by atoms with Crippen LogP contribution in [-0.2, 0) is 0 Å². The number of rotatable bonds is 7. The zero-order valence-electron chi connectivity index (χ0n) is 20.6. The van der Waals surface area contributed by atoms with Crippen molar-refractivity contribution in [1.82, 2.24) is 0 Å². The third kappa shape index (κ3) is 5.88. The van der Waals surface area contributed by atoms with Gasteiger partial charge in [-0.25, -0.2) is 0 Å². The Morgan fingerprint density at radius 1 is 0.618 bits per heavy atom. The molecule has 2 aromatic rings. The highest BCUT2D eigenvalue weighted by molar-refractivity contribution is 5.74. The van der Waals surface area contributed by atoms with Gasteiger partial charge < -0.3 is 9.47 Å². The maximum atomic E-state index is 6.24. The van der Waals surface area contributed by atoms with Gasteiger partial charge in [0.2, 0.25) is 0 Å². The van der Waals surface area contributed by atoms with Gasteiger partial charge in [0.25, 0.3) is 0 Å². The number of hydrogen-bond donors (Lipinski definition) is 0. The van der Waals surface area contributed by atoms with Gasteiger partial charge in [-0.15, -0.1) is 0 Å². The van der Waals surface area contributed by atoms with Crippen LogP contribution in [0.5, 0.6) is 11.5 Å². The zero-order valence-corrected chi connectivity index (χ0v) is 20.6. The Morgan fingerprint density at radius 3 is 1.50 bits per heavy atom. The lowest BCUT2D eigenvalue weighted by molar-refractivity contribution is 0.352. The van der Waals surface area contributed by atoms with E-state index in [4.69, 9.17) is 9.47 Å². The molecule has 0 heterocycles. The van der Waals surface area contributed by atoms with Gasteiger partial charge in [0.1, 0.15) is 24.7 Å². The quantitative estimate of drug-likeness (QED) is 0.424. The van der Waals surface area contributed by atoms with Crippen molar-refractivity contribution >= 4 is 0 Å². The summed E-state index contributed by atoms with van der Waals surface area (Å²) in [7, 11) is 0. The molecule has 0 fully saturated rings. The predicted octanol–water partition coefficient (Wildman–Crippen LogP) is 8.11. The lowest BCUT2D eigenvalue weighted by Gasteiger charge is -2.17. The smallest absolute Gasteiger partial charge is 0.123 e. The van der Waals surface area contributed by atoms with Crippen LogP contribution in [-0.4, -0.2) is 13.2 Å². The zero-order chi connectivity index (χ0) is 23.9. The summed E-state index contributed by atoms with van der Waals surface area (Å²) < 4.78 is 12.5. The van der Waals surface area contributed by atoms with Crippen LogP contribution >= 0.6 is 0 Å². The van der Waals surface area contributed by atoms with Gasteiger partial charge in [-0.05, 0) is 71.2 Å². The predicted molar refractivity (Wildman–Crippen MR) is 143 cm³/mol. The van der Waals surface area contributed by atoms with Crippen LogP contribution in [0.25, 0.3) is 11.1 Å². The van der Waals surface area contributed by atoms with E-state index < -0.39 is 0 Å². The van der Waals surface area contributed by atoms with Gasteiger partial charge in [0.15, 0.2) is 0 Å². The summed E-state index contributed by atoms with van der Waals surface area (Å²) in [6, 6.07) is 12.6. The molecule has 0 amide bonds. The molecule has 2 nitrogen and oxygen atoms in total. The van der Waals surface area contributed by atoms with E-state index in [0.717, 1.165) is 22.6 Å². The van der Waals surface area contributed by atoms with Crippen LogP contribution in [0.1, 0.15) is 25.0 Å². The maximum absolute atomic E-state index is 6.24. The first-order valence-electron chi connectivity index (χ1n) is 12.1. The summed E-state index contributed by atoms with van der Waals surface area (Å²) >= 11 is 0. The van der Waals surface area contributed by atoms with Crippen LogP contribution in [0.2, 0.25) is 0 Å². The van der Waals surface area contributed by atoms with Crippen LogP contribution in [0.4, 0.5) is 0 Å². The van der Waals surface area contributed by atoms with E-state index >= 15 is 0 Å². The highest BCUT2D eigenvalue weighted by Gasteiger charge is 2.13. The molecule has 0 saturated heterocycles. The molecule has 0 N–H and O–H groups in total. The lowest BCUT2D eigenvalue weighted by Crippen LogP contribution is -2.03. The van der Waals surface area contributed by atoms with Gasteiger partial charge in [-0.1, -0.05) is 98.9 Å². The van der Waals surface area contributed by atoms with Gasteiger partial charge >= 0.3 is 0 Å². The fraction of sp³-hybridized carbons (Fsp3) is 0.250. The monoisotopic (exact) mass is 450 g/mol. The van der Waals surface area contributed by atoms with Crippen molar-refractivity contribution in [3.8, 4) is 22.6 Å². The van der Waals surface area contributed by atoms with Gasteiger partial charge in [-0.3, -0.25) is 0 Å². The molecule has 2 aliphatic carbocycles. The van der Waals surface area contributed by atoms with Crippen molar-refractivity contribution in [3.63, 3.8) is 0 Å². The van der Waals surface area contributed by atoms with E-state index in [9.17, 15) is 0 Å². The van der Waals surface area contributed by atoms with Crippen LogP contribution in [0, 0.1) is 25.7 Å². The SMILES string of the molecule is Cc1c(OCC2=CC=CC(C)C=C2)cccc1-c1cccc(OCC2=CC=CC(C)C=C2)c1C. The summed E-state index contributed by atoms with van der Waals surface area (Å²) in [4.78, 5) is 0. The number of hydrogen-bond acceptors (Lipinski definition) is 2. The Morgan fingerprint density at radius 2 is 1.06 bits per heavy atom. The van der Waals surface area contributed by atoms with Crippen molar-refractivity contribution in [2.24, 2.45) is 11.8 Å². The number of allylic oxidation sites excluding steroid dienone is 8. The fourth-order valence-electron chi connectivity index (χ4n) is 4.14. The van der Waals surface area contributed by atoms with Crippen molar-refractivity contribution in [3.05, 3.63) is 119 Å². The average Bonchev–Trinajstić information content (AvgIpc) is 3.17. The third-order valence-corrected chi connectivity index (χ3v) is 6.32. The molecule has 2 heteroatoms. The number of ether oxygens (including phenoxy) is 2. The first-order chi connectivity index (χ1) is 16.5. The molecule has 2 atom stereocenters. The second-order valence-corrected chi connectivity index (χ2v) is 9.12. The molecule has 0 bridgehead atoms. The molecular formula is C32H34O2. The molecule has 2 unspecified atom stereocenters. The van der Waals surface area contributed by atoms with Crippen molar-refractivity contribution in [2.45, 2.75) is 27.7 Å². The molecular weight excluding hydrogens is 416 g/mol. The third-order valence-electron chi connectivity index (χ3n) is 6.32. The second-order valence-electron chi connectivity index (χ2n) is 9.12. The first-order valence-corrected chi connectivity index (χ1v) is 12.1. The van der Waals surface area contributed by atoms with E-state index in [1.807, 2.05) is 12.1 Å². The first kappa shape index (κ1) is 23.6. The Bertz CT molecular complexity index is 1110. The highest BCUT2D eigenvalue weighted by atomic mass is 16.5. The Labute approximate surface area is 204 Å². The normalized spacial score (nSPS) is 19.3. The molecule has 0 spiro atoms. The van der Waals surface area contributed by atoms with Gasteiger partial charge in [0, 0.05) is 0 Å². The van der Waals surface area contributed by atoms with E-state index in [2.05, 4.69) is 113 Å². The summed E-state index contributed by atoms with van der Waals surface area (Å²) in [5, 5.41) is 0. The minimum absolute atomic E-state index is 0.450. The highest BCUT2D eigenvalue weighted by Crippen LogP contribution is 2.35. The Kier molecular flexibility index (Phi) is 7.69. The Hall–Kier alpha value is -3.52. The van der Waals surface area contributed by atoms with Gasteiger partial charge in [-0.2, -0.15) is 0 Å². The molecule has 34 heavy (non-hydrogen) atoms. The van der Waals surface area contributed by atoms with Crippen molar-refractivity contribution in [2.75, 3.05) is 13.2 Å². The largest absolute Gasteiger partial charge is 0.489 e. The average molecular weight is 451 g/mol. The van der Waals surface area contributed by atoms with Crippen LogP contribution < -0.4 is 9.47 Å². The molecule has 2 aromatic carbocycles.